The molecule has 4 N–H and O–H groups in total. The highest BCUT2D eigenvalue weighted by atomic mass is 35.5. The van der Waals surface area contributed by atoms with E-state index in [1.165, 1.54) is 0 Å². The SMILES string of the molecule is O=C(NCCCS(=O)(=O)O)c1ccc(-c2ccc(-c3nc4nc(O[C@@H]5CO[C@H]6[C@@H]5OC[C@H]6O)[nH]c4cc3Cl)cc2)cc1. The molecule has 14 heteroatoms. The summed E-state index contributed by atoms with van der Waals surface area (Å²) in [6, 6.07) is 16.6. The van der Waals surface area contributed by atoms with Crippen LogP contribution < -0.4 is 10.1 Å². The number of aromatic amines is 1. The van der Waals surface area contributed by atoms with Gasteiger partial charge in [-0.05, 0) is 35.7 Å². The maximum atomic E-state index is 12.3. The van der Waals surface area contributed by atoms with Crippen LogP contribution in [0.2, 0.25) is 5.02 Å². The van der Waals surface area contributed by atoms with Crippen LogP contribution in [-0.4, -0.2) is 88.9 Å². The lowest BCUT2D eigenvalue weighted by Gasteiger charge is -2.15. The molecule has 4 aromatic rings. The van der Waals surface area contributed by atoms with E-state index in [1.807, 2.05) is 36.4 Å². The molecule has 1 amide bonds. The van der Waals surface area contributed by atoms with E-state index in [2.05, 4.69) is 20.3 Å². The van der Waals surface area contributed by atoms with Crippen LogP contribution in [0.3, 0.4) is 0 Å². The number of hydrogen-bond acceptors (Lipinski definition) is 9. The number of aromatic nitrogens is 3. The monoisotopic (exact) mass is 614 g/mol. The minimum absolute atomic E-state index is 0.119. The molecule has 0 unspecified atom stereocenters. The Morgan fingerprint density at radius 2 is 1.69 bits per heavy atom. The lowest BCUT2D eigenvalue weighted by atomic mass is 10.0. The van der Waals surface area contributed by atoms with Crippen molar-refractivity contribution in [2.45, 2.75) is 30.8 Å². The van der Waals surface area contributed by atoms with Crippen LogP contribution in [0.25, 0.3) is 33.5 Å². The second-order valence-electron chi connectivity index (χ2n) is 10.1. The molecule has 12 nitrogen and oxygen atoms in total. The Hall–Kier alpha value is -3.59. The summed E-state index contributed by atoms with van der Waals surface area (Å²) in [4.78, 5) is 24.5. The molecule has 2 aromatic heterocycles. The lowest BCUT2D eigenvalue weighted by molar-refractivity contribution is 0.00706. The molecular weight excluding hydrogens is 588 g/mol. The fourth-order valence-electron chi connectivity index (χ4n) is 5.04. The van der Waals surface area contributed by atoms with E-state index in [-0.39, 0.29) is 44.2 Å². The molecule has 42 heavy (non-hydrogen) atoms. The summed E-state index contributed by atoms with van der Waals surface area (Å²) < 4.78 is 47.5. The van der Waals surface area contributed by atoms with Crippen molar-refractivity contribution in [2.24, 2.45) is 0 Å². The summed E-state index contributed by atoms with van der Waals surface area (Å²) in [5.74, 6) is -0.741. The summed E-state index contributed by atoms with van der Waals surface area (Å²) >= 11 is 6.58. The van der Waals surface area contributed by atoms with Crippen molar-refractivity contribution in [3.8, 4) is 28.4 Å². The number of pyridine rings is 1. The van der Waals surface area contributed by atoms with Gasteiger partial charge in [0.2, 0.25) is 0 Å². The zero-order chi connectivity index (χ0) is 29.4. The van der Waals surface area contributed by atoms with E-state index in [4.69, 9.17) is 30.4 Å². The maximum Gasteiger partial charge on any atom is 0.296 e. The van der Waals surface area contributed by atoms with Gasteiger partial charge in [0.05, 0.1) is 35.2 Å². The third kappa shape index (κ3) is 6.11. The predicted octanol–water partition coefficient (Wildman–Crippen LogP) is 2.86. The number of nitrogens with zero attached hydrogens (tertiary/aromatic N) is 2. The van der Waals surface area contributed by atoms with Gasteiger partial charge in [0, 0.05) is 17.7 Å². The standard InChI is InChI=1S/C28H27ClN4O8S/c29-19-12-20-26(33-28(31-20)41-22-14-40-24-21(34)13-39-25(22)24)32-23(19)17-6-2-15(3-7-17)16-4-8-18(9-5-16)27(35)30-10-1-11-42(36,37)38/h2-9,12,21-22,24-25,34H,1,10-11,13-14H2,(H,30,35)(H,31,32,33)(H,36,37,38)/t21-,22-,24-,25-/m1/s1. The zero-order valence-corrected chi connectivity index (χ0v) is 23.6. The van der Waals surface area contributed by atoms with Crippen LogP contribution >= 0.6 is 11.6 Å². The van der Waals surface area contributed by atoms with Gasteiger partial charge in [0.1, 0.15) is 18.3 Å². The number of amides is 1. The van der Waals surface area contributed by atoms with Crippen molar-refractivity contribution in [2.75, 3.05) is 25.5 Å². The third-order valence-corrected chi connectivity index (χ3v) is 8.25. The summed E-state index contributed by atoms with van der Waals surface area (Å²) in [6.07, 6.45) is -1.72. The molecule has 2 fully saturated rings. The zero-order valence-electron chi connectivity index (χ0n) is 22.1. The Bertz CT molecular complexity index is 1710. The molecule has 0 spiro atoms. The Morgan fingerprint density at radius 1 is 1.02 bits per heavy atom. The minimum Gasteiger partial charge on any atom is -0.456 e. The van der Waals surface area contributed by atoms with Gasteiger partial charge >= 0.3 is 0 Å². The number of ether oxygens (including phenoxy) is 3. The number of rotatable bonds is 9. The minimum atomic E-state index is -4.05. The van der Waals surface area contributed by atoms with Crippen LogP contribution in [0.15, 0.2) is 54.6 Å². The highest BCUT2D eigenvalue weighted by Gasteiger charge is 2.48. The molecule has 0 radical (unpaired) electrons. The summed E-state index contributed by atoms with van der Waals surface area (Å²) in [5.41, 5.74) is 4.64. The second-order valence-corrected chi connectivity index (χ2v) is 12.1. The molecule has 2 aliphatic heterocycles. The first-order valence-electron chi connectivity index (χ1n) is 13.2. The van der Waals surface area contributed by atoms with Gasteiger partial charge in [-0.25, -0.2) is 4.98 Å². The molecule has 4 heterocycles. The highest BCUT2D eigenvalue weighted by molar-refractivity contribution is 7.85. The van der Waals surface area contributed by atoms with Crippen LogP contribution in [0, 0.1) is 0 Å². The van der Waals surface area contributed by atoms with Crippen LogP contribution in [0.5, 0.6) is 6.01 Å². The molecule has 6 rings (SSSR count). The number of halogens is 1. The topological polar surface area (TPSA) is 173 Å². The fraction of sp³-hybridized carbons (Fsp3) is 0.321. The van der Waals surface area contributed by atoms with Crippen molar-refractivity contribution in [3.05, 3.63) is 65.2 Å². The number of benzene rings is 2. The van der Waals surface area contributed by atoms with Crippen molar-refractivity contribution in [1.29, 1.82) is 0 Å². The van der Waals surface area contributed by atoms with E-state index in [0.29, 0.717) is 27.4 Å². The average molecular weight is 615 g/mol. The number of hydrogen-bond donors (Lipinski definition) is 4. The molecule has 2 aromatic carbocycles. The smallest absolute Gasteiger partial charge is 0.296 e. The van der Waals surface area contributed by atoms with Gasteiger partial charge in [-0.3, -0.25) is 9.35 Å². The Balaban J connectivity index is 1.12. The number of carbonyl (C=O) groups excluding carboxylic acids is 1. The predicted molar refractivity (Wildman–Crippen MR) is 153 cm³/mol. The van der Waals surface area contributed by atoms with Gasteiger partial charge in [0.25, 0.3) is 22.0 Å². The molecule has 0 saturated carbocycles. The Labute approximate surface area is 245 Å². The molecule has 4 atom stereocenters. The van der Waals surface area contributed by atoms with Gasteiger partial charge in [-0.15, -0.1) is 0 Å². The van der Waals surface area contributed by atoms with E-state index in [9.17, 15) is 18.3 Å². The largest absolute Gasteiger partial charge is 0.456 e. The lowest BCUT2D eigenvalue weighted by Crippen LogP contribution is -2.34. The van der Waals surface area contributed by atoms with E-state index in [1.54, 1.807) is 18.2 Å². The number of carbonyl (C=O) groups is 1. The van der Waals surface area contributed by atoms with E-state index in [0.717, 1.165) is 16.7 Å². The molecule has 0 bridgehead atoms. The first kappa shape index (κ1) is 28.5. The summed E-state index contributed by atoms with van der Waals surface area (Å²) in [7, 11) is -4.05. The Kier molecular flexibility index (Phi) is 7.87. The number of fused-ring (bicyclic) bond motifs is 2. The first-order chi connectivity index (χ1) is 20.1. The molecular formula is C28H27ClN4O8S. The fourth-order valence-corrected chi connectivity index (χ4v) is 5.81. The molecule has 220 valence electrons. The summed E-state index contributed by atoms with van der Waals surface area (Å²) in [5, 5.41) is 13.0. The van der Waals surface area contributed by atoms with Gasteiger partial charge in [0.15, 0.2) is 11.8 Å². The number of imidazole rings is 1. The van der Waals surface area contributed by atoms with E-state index >= 15 is 0 Å². The van der Waals surface area contributed by atoms with Gasteiger partial charge in [-0.2, -0.15) is 13.4 Å². The Morgan fingerprint density at radius 3 is 2.40 bits per heavy atom. The summed E-state index contributed by atoms with van der Waals surface area (Å²) in [6.45, 7) is 0.624. The highest BCUT2D eigenvalue weighted by Crippen LogP contribution is 2.33. The van der Waals surface area contributed by atoms with Gasteiger partial charge in [-0.1, -0.05) is 48.0 Å². The number of H-pyrrole nitrogens is 1. The van der Waals surface area contributed by atoms with Crippen molar-refractivity contribution < 1.29 is 37.1 Å². The number of nitrogens with one attached hydrogen (secondary N) is 2. The van der Waals surface area contributed by atoms with Crippen molar-refractivity contribution in [1.82, 2.24) is 20.3 Å². The van der Waals surface area contributed by atoms with Crippen molar-refractivity contribution in [3.63, 3.8) is 0 Å². The molecule has 2 saturated heterocycles. The van der Waals surface area contributed by atoms with Crippen LogP contribution in [0.1, 0.15) is 16.8 Å². The number of aliphatic hydroxyl groups is 1. The van der Waals surface area contributed by atoms with Crippen LogP contribution in [0.4, 0.5) is 0 Å². The number of aliphatic hydroxyl groups excluding tert-OH is 1. The van der Waals surface area contributed by atoms with Gasteiger partial charge < -0.3 is 29.6 Å². The van der Waals surface area contributed by atoms with Crippen molar-refractivity contribution >= 4 is 38.8 Å². The van der Waals surface area contributed by atoms with E-state index < -0.39 is 34.2 Å². The normalized spacial score (nSPS) is 21.9. The van der Waals surface area contributed by atoms with Crippen LogP contribution in [-0.2, 0) is 19.6 Å². The molecule has 2 aliphatic rings. The quantitative estimate of drug-likeness (QED) is 0.162. The molecule has 0 aliphatic carbocycles. The first-order valence-corrected chi connectivity index (χ1v) is 15.2. The third-order valence-electron chi connectivity index (χ3n) is 7.15. The second kappa shape index (κ2) is 11.6. The average Bonchev–Trinajstić information content (AvgIpc) is 3.66. The maximum absolute atomic E-state index is 12.3.